The second-order valence-corrected chi connectivity index (χ2v) is 6.14. The van der Waals surface area contributed by atoms with Crippen molar-refractivity contribution >= 4 is 45.6 Å². The molecule has 0 fully saturated rings. The third kappa shape index (κ3) is 4.36. The SMILES string of the molecule is Nc1ccc(NC(=O)CC(=O)CCn2ncc3cc(Cl)ccc32)cc1. The molecule has 128 valence electrons. The number of benzene rings is 2. The van der Waals surface area contributed by atoms with Gasteiger partial charge < -0.3 is 11.1 Å². The second-order valence-electron chi connectivity index (χ2n) is 5.71. The quantitative estimate of drug-likeness (QED) is 0.524. The number of fused-ring (bicyclic) bond motifs is 1. The standard InChI is InChI=1S/C18H17ClN4O2/c19-13-1-6-17-12(9-13)11-21-23(17)8-7-16(24)10-18(25)22-15-4-2-14(20)3-5-15/h1-6,9,11H,7-8,10,20H2,(H,22,25). The number of aromatic nitrogens is 2. The highest BCUT2D eigenvalue weighted by Gasteiger charge is 2.11. The Bertz CT molecular complexity index is 918. The zero-order chi connectivity index (χ0) is 17.8. The fraction of sp³-hybridized carbons (Fsp3) is 0.167. The molecule has 0 spiro atoms. The number of nitrogen functional groups attached to an aromatic ring is 1. The van der Waals surface area contributed by atoms with Gasteiger partial charge in [-0.15, -0.1) is 0 Å². The smallest absolute Gasteiger partial charge is 0.231 e. The number of halogens is 1. The molecule has 6 nitrogen and oxygen atoms in total. The van der Waals surface area contributed by atoms with Gasteiger partial charge in [-0.1, -0.05) is 11.6 Å². The lowest BCUT2D eigenvalue weighted by Gasteiger charge is -2.06. The lowest BCUT2D eigenvalue weighted by atomic mass is 10.2. The molecule has 0 saturated carbocycles. The van der Waals surface area contributed by atoms with Gasteiger partial charge in [0, 0.05) is 34.7 Å². The molecule has 0 radical (unpaired) electrons. The number of Topliss-reactive ketones (excluding diaryl/α,β-unsaturated/α-hetero) is 1. The molecule has 25 heavy (non-hydrogen) atoms. The van der Waals surface area contributed by atoms with Crippen molar-refractivity contribution in [3.63, 3.8) is 0 Å². The molecule has 0 atom stereocenters. The summed E-state index contributed by atoms with van der Waals surface area (Å²) in [5.41, 5.74) is 7.72. The van der Waals surface area contributed by atoms with Crippen LogP contribution in [0.4, 0.5) is 11.4 Å². The van der Waals surface area contributed by atoms with Crippen molar-refractivity contribution in [1.82, 2.24) is 9.78 Å². The van der Waals surface area contributed by atoms with Crippen molar-refractivity contribution in [3.8, 4) is 0 Å². The van der Waals surface area contributed by atoms with Crippen molar-refractivity contribution < 1.29 is 9.59 Å². The molecular weight excluding hydrogens is 340 g/mol. The van der Waals surface area contributed by atoms with Crippen molar-refractivity contribution in [2.24, 2.45) is 0 Å². The average Bonchev–Trinajstić information content (AvgIpc) is 2.97. The fourth-order valence-corrected chi connectivity index (χ4v) is 2.69. The summed E-state index contributed by atoms with van der Waals surface area (Å²) in [5.74, 6) is -0.488. The van der Waals surface area contributed by atoms with Crippen LogP contribution < -0.4 is 11.1 Å². The molecule has 0 aliphatic rings. The summed E-state index contributed by atoms with van der Waals surface area (Å²) in [6, 6.07) is 12.2. The van der Waals surface area contributed by atoms with Gasteiger partial charge >= 0.3 is 0 Å². The predicted molar refractivity (Wildman–Crippen MR) is 98.5 cm³/mol. The van der Waals surface area contributed by atoms with Crippen LogP contribution in [0.25, 0.3) is 10.9 Å². The van der Waals surface area contributed by atoms with E-state index in [-0.39, 0.29) is 24.5 Å². The lowest BCUT2D eigenvalue weighted by molar-refractivity contribution is -0.125. The third-order valence-electron chi connectivity index (χ3n) is 3.76. The van der Waals surface area contributed by atoms with Gasteiger partial charge in [-0.2, -0.15) is 5.10 Å². The molecule has 7 heteroatoms. The molecule has 1 heterocycles. The monoisotopic (exact) mass is 356 g/mol. The average molecular weight is 357 g/mol. The number of rotatable bonds is 6. The van der Waals surface area contributed by atoms with Crippen molar-refractivity contribution in [2.75, 3.05) is 11.1 Å². The fourth-order valence-electron chi connectivity index (χ4n) is 2.51. The number of hydrogen-bond donors (Lipinski definition) is 2. The summed E-state index contributed by atoms with van der Waals surface area (Å²) in [6.45, 7) is 0.416. The topological polar surface area (TPSA) is 90.0 Å². The first kappa shape index (κ1) is 17.0. The van der Waals surface area contributed by atoms with Gasteiger partial charge in [-0.3, -0.25) is 14.3 Å². The van der Waals surface area contributed by atoms with Gasteiger partial charge in [-0.25, -0.2) is 0 Å². The molecule has 3 N–H and O–H groups in total. The highest BCUT2D eigenvalue weighted by Crippen LogP contribution is 2.19. The number of carbonyl (C=O) groups is 2. The van der Waals surface area contributed by atoms with E-state index < -0.39 is 0 Å². The molecule has 3 aromatic rings. The van der Waals surface area contributed by atoms with Crippen LogP contribution in [0.1, 0.15) is 12.8 Å². The van der Waals surface area contributed by atoms with Gasteiger partial charge in [0.05, 0.1) is 18.1 Å². The first-order chi connectivity index (χ1) is 12.0. The minimum Gasteiger partial charge on any atom is -0.399 e. The Morgan fingerprint density at radius 3 is 2.68 bits per heavy atom. The van der Waals surface area contributed by atoms with Gasteiger partial charge in [0.25, 0.3) is 0 Å². The number of aryl methyl sites for hydroxylation is 1. The number of nitrogens with one attached hydrogen (secondary N) is 1. The first-order valence-corrected chi connectivity index (χ1v) is 8.17. The minimum absolute atomic E-state index is 0.148. The predicted octanol–water partition coefficient (Wildman–Crippen LogP) is 3.26. The molecule has 0 bridgehead atoms. The molecule has 0 aliphatic heterocycles. The Hall–Kier alpha value is -2.86. The van der Waals surface area contributed by atoms with Crippen LogP contribution in [-0.4, -0.2) is 21.5 Å². The zero-order valence-corrected chi connectivity index (χ0v) is 14.2. The summed E-state index contributed by atoms with van der Waals surface area (Å²) in [5, 5.41) is 8.49. The Labute approximate surface area is 149 Å². The van der Waals surface area contributed by atoms with Crippen molar-refractivity contribution in [2.45, 2.75) is 19.4 Å². The molecule has 1 amide bonds. The van der Waals surface area contributed by atoms with E-state index in [1.807, 2.05) is 12.1 Å². The van der Waals surface area contributed by atoms with Crippen LogP contribution in [0.5, 0.6) is 0 Å². The normalized spacial score (nSPS) is 10.8. The lowest BCUT2D eigenvalue weighted by Crippen LogP contribution is -2.17. The Morgan fingerprint density at radius 1 is 1.16 bits per heavy atom. The summed E-state index contributed by atoms with van der Waals surface area (Å²) >= 11 is 5.95. The number of amides is 1. The van der Waals surface area contributed by atoms with Crippen LogP contribution >= 0.6 is 11.6 Å². The summed E-state index contributed by atoms with van der Waals surface area (Å²) < 4.78 is 1.74. The van der Waals surface area contributed by atoms with Gasteiger partial charge in [-0.05, 0) is 42.5 Å². The molecule has 2 aromatic carbocycles. The Kier molecular flexibility index (Phi) is 5.00. The molecular formula is C18H17ClN4O2. The number of nitrogens with zero attached hydrogens (tertiary/aromatic N) is 2. The summed E-state index contributed by atoms with van der Waals surface area (Å²) in [4.78, 5) is 24.0. The van der Waals surface area contributed by atoms with E-state index in [2.05, 4.69) is 10.4 Å². The van der Waals surface area contributed by atoms with E-state index in [4.69, 9.17) is 17.3 Å². The van der Waals surface area contributed by atoms with Crippen molar-refractivity contribution in [3.05, 3.63) is 53.7 Å². The number of carbonyl (C=O) groups excluding carboxylic acids is 2. The maximum Gasteiger partial charge on any atom is 0.231 e. The second kappa shape index (κ2) is 7.36. The maximum atomic E-state index is 12.0. The zero-order valence-electron chi connectivity index (χ0n) is 13.4. The largest absolute Gasteiger partial charge is 0.399 e. The number of nitrogens with two attached hydrogens (primary N) is 1. The van der Waals surface area contributed by atoms with Crippen LogP contribution in [0, 0.1) is 0 Å². The molecule has 0 unspecified atom stereocenters. The van der Waals surface area contributed by atoms with E-state index in [0.717, 1.165) is 10.9 Å². The minimum atomic E-state index is -0.341. The van der Waals surface area contributed by atoms with Crippen LogP contribution in [0.3, 0.4) is 0 Å². The van der Waals surface area contributed by atoms with E-state index in [9.17, 15) is 9.59 Å². The Morgan fingerprint density at radius 2 is 1.92 bits per heavy atom. The summed E-state index contributed by atoms with van der Waals surface area (Å²) in [6.07, 6.45) is 1.77. The van der Waals surface area contributed by atoms with E-state index >= 15 is 0 Å². The maximum absolute atomic E-state index is 12.0. The number of anilines is 2. The highest BCUT2D eigenvalue weighted by molar-refractivity contribution is 6.31. The van der Waals surface area contributed by atoms with E-state index in [1.165, 1.54) is 0 Å². The number of hydrogen-bond acceptors (Lipinski definition) is 4. The van der Waals surface area contributed by atoms with E-state index in [1.54, 1.807) is 41.2 Å². The van der Waals surface area contributed by atoms with Gasteiger partial charge in [0.15, 0.2) is 0 Å². The van der Waals surface area contributed by atoms with Crippen LogP contribution in [-0.2, 0) is 16.1 Å². The van der Waals surface area contributed by atoms with Gasteiger partial charge in [0.2, 0.25) is 5.91 Å². The Balaban J connectivity index is 1.53. The molecule has 1 aromatic heterocycles. The summed E-state index contributed by atoms with van der Waals surface area (Å²) in [7, 11) is 0. The van der Waals surface area contributed by atoms with Crippen LogP contribution in [0.15, 0.2) is 48.7 Å². The number of ketones is 1. The highest BCUT2D eigenvalue weighted by atomic mass is 35.5. The first-order valence-electron chi connectivity index (χ1n) is 7.79. The third-order valence-corrected chi connectivity index (χ3v) is 3.99. The molecule has 0 aliphatic carbocycles. The van der Waals surface area contributed by atoms with Gasteiger partial charge in [0.1, 0.15) is 5.78 Å². The van der Waals surface area contributed by atoms with Crippen LogP contribution in [0.2, 0.25) is 5.02 Å². The molecule has 3 rings (SSSR count). The van der Waals surface area contributed by atoms with E-state index in [0.29, 0.717) is 22.9 Å². The van der Waals surface area contributed by atoms with Crippen molar-refractivity contribution in [1.29, 1.82) is 0 Å². The molecule has 0 saturated heterocycles.